The van der Waals surface area contributed by atoms with E-state index in [4.69, 9.17) is 11.6 Å². The van der Waals surface area contributed by atoms with Gasteiger partial charge in [-0.2, -0.15) is 0 Å². The molecule has 4 heteroatoms. The molecule has 0 atom stereocenters. The van der Waals surface area contributed by atoms with Gasteiger partial charge in [-0.25, -0.2) is 9.97 Å². The molecule has 0 bridgehead atoms. The second-order valence-electron chi connectivity index (χ2n) is 5.89. The summed E-state index contributed by atoms with van der Waals surface area (Å²) in [5.74, 6) is 2.69. The van der Waals surface area contributed by atoms with Gasteiger partial charge in [-0.1, -0.05) is 39.8 Å². The number of nitrogens with one attached hydrogen (secondary N) is 1. The third-order valence-corrected chi connectivity index (χ3v) is 3.96. The van der Waals surface area contributed by atoms with E-state index in [-0.39, 0.29) is 5.28 Å². The molecular formula is C16H22ClN3. The maximum absolute atomic E-state index is 6.00. The van der Waals surface area contributed by atoms with Crippen molar-refractivity contribution in [2.75, 3.05) is 11.9 Å². The number of benzene rings is 1. The number of rotatable bonds is 5. The van der Waals surface area contributed by atoms with Crippen molar-refractivity contribution in [1.82, 2.24) is 9.97 Å². The fraction of sp³-hybridized carbons (Fsp3) is 0.500. The lowest BCUT2D eigenvalue weighted by Crippen LogP contribution is -2.25. The number of halogens is 1. The maximum atomic E-state index is 6.00. The number of anilines is 1. The van der Waals surface area contributed by atoms with Gasteiger partial charge < -0.3 is 5.32 Å². The van der Waals surface area contributed by atoms with Gasteiger partial charge in [0.25, 0.3) is 0 Å². The van der Waals surface area contributed by atoms with Crippen LogP contribution in [0.15, 0.2) is 24.3 Å². The molecule has 0 unspecified atom stereocenters. The van der Waals surface area contributed by atoms with Gasteiger partial charge in [0.15, 0.2) is 0 Å². The van der Waals surface area contributed by atoms with Crippen LogP contribution >= 0.6 is 11.6 Å². The van der Waals surface area contributed by atoms with Crippen molar-refractivity contribution >= 4 is 28.3 Å². The Labute approximate surface area is 125 Å². The normalized spacial score (nSPS) is 11.8. The van der Waals surface area contributed by atoms with Crippen LogP contribution in [0.25, 0.3) is 10.9 Å². The van der Waals surface area contributed by atoms with E-state index >= 15 is 0 Å². The molecule has 0 spiro atoms. The van der Waals surface area contributed by atoms with Gasteiger partial charge >= 0.3 is 0 Å². The van der Waals surface area contributed by atoms with Gasteiger partial charge in [0.1, 0.15) is 5.82 Å². The van der Waals surface area contributed by atoms with Crippen molar-refractivity contribution in [3.8, 4) is 0 Å². The third-order valence-electron chi connectivity index (χ3n) is 3.79. The molecular weight excluding hydrogens is 270 g/mol. The van der Waals surface area contributed by atoms with Crippen molar-refractivity contribution in [2.24, 2.45) is 17.8 Å². The van der Waals surface area contributed by atoms with Gasteiger partial charge in [-0.05, 0) is 41.5 Å². The average Bonchev–Trinajstić information content (AvgIpc) is 2.37. The number of para-hydroxylation sites is 1. The summed E-state index contributed by atoms with van der Waals surface area (Å²) in [5, 5.41) is 4.76. The Hall–Kier alpha value is -1.35. The predicted molar refractivity (Wildman–Crippen MR) is 86.2 cm³/mol. The molecule has 2 rings (SSSR count). The molecule has 0 fully saturated rings. The molecule has 3 nitrogen and oxygen atoms in total. The Morgan fingerprint density at radius 2 is 1.70 bits per heavy atom. The number of nitrogens with zero attached hydrogens (tertiary/aromatic N) is 2. The largest absolute Gasteiger partial charge is 0.369 e. The van der Waals surface area contributed by atoms with E-state index in [2.05, 4.69) is 43.0 Å². The summed E-state index contributed by atoms with van der Waals surface area (Å²) >= 11 is 6.00. The monoisotopic (exact) mass is 291 g/mol. The fourth-order valence-electron chi connectivity index (χ4n) is 2.64. The molecule has 0 aliphatic rings. The highest BCUT2D eigenvalue weighted by molar-refractivity contribution is 6.28. The molecule has 0 radical (unpaired) electrons. The molecule has 0 aliphatic carbocycles. The number of aromatic nitrogens is 2. The Kier molecular flexibility index (Phi) is 4.81. The van der Waals surface area contributed by atoms with E-state index in [1.165, 1.54) is 0 Å². The van der Waals surface area contributed by atoms with Gasteiger partial charge in [-0.3, -0.25) is 0 Å². The van der Waals surface area contributed by atoms with Crippen LogP contribution in [0.3, 0.4) is 0 Å². The van der Waals surface area contributed by atoms with E-state index in [0.717, 1.165) is 23.3 Å². The van der Waals surface area contributed by atoms with E-state index in [0.29, 0.717) is 17.8 Å². The molecule has 0 saturated heterocycles. The highest BCUT2D eigenvalue weighted by Crippen LogP contribution is 2.25. The Balaban J connectivity index is 2.25. The molecule has 2 aromatic rings. The summed E-state index contributed by atoms with van der Waals surface area (Å²) in [6, 6.07) is 7.93. The number of hydrogen-bond acceptors (Lipinski definition) is 3. The minimum atomic E-state index is 0.289. The zero-order chi connectivity index (χ0) is 14.7. The van der Waals surface area contributed by atoms with Crippen molar-refractivity contribution in [2.45, 2.75) is 27.7 Å². The molecule has 1 N–H and O–H groups in total. The molecule has 1 aromatic carbocycles. The van der Waals surface area contributed by atoms with Crippen molar-refractivity contribution < 1.29 is 0 Å². The topological polar surface area (TPSA) is 37.8 Å². The molecule has 0 amide bonds. The number of hydrogen-bond donors (Lipinski definition) is 1. The predicted octanol–water partition coefficient (Wildman–Crippen LogP) is 4.62. The van der Waals surface area contributed by atoms with E-state index < -0.39 is 0 Å². The highest BCUT2D eigenvalue weighted by Gasteiger charge is 2.18. The van der Waals surface area contributed by atoms with Crippen LogP contribution in [0.4, 0.5) is 5.82 Å². The fourth-order valence-corrected chi connectivity index (χ4v) is 2.81. The van der Waals surface area contributed by atoms with Crippen LogP contribution in [0.2, 0.25) is 5.28 Å². The standard InChI is InChI=1S/C16H22ClN3/c1-10(2)13(11(3)4)9-18-15-12-7-5-6-8-14(12)19-16(17)20-15/h5-8,10-11,13H,9H2,1-4H3,(H,18,19,20). The van der Waals surface area contributed by atoms with Gasteiger partial charge in [-0.15, -0.1) is 0 Å². The van der Waals surface area contributed by atoms with Crippen LogP contribution in [-0.4, -0.2) is 16.5 Å². The summed E-state index contributed by atoms with van der Waals surface area (Å²) in [6.45, 7) is 9.94. The van der Waals surface area contributed by atoms with E-state index in [1.807, 2.05) is 24.3 Å². The van der Waals surface area contributed by atoms with Crippen LogP contribution in [0.1, 0.15) is 27.7 Å². The van der Waals surface area contributed by atoms with Gasteiger partial charge in [0.05, 0.1) is 5.52 Å². The molecule has 0 saturated carbocycles. The lowest BCUT2D eigenvalue weighted by molar-refractivity contribution is 0.304. The number of fused-ring (bicyclic) bond motifs is 1. The Morgan fingerprint density at radius 1 is 1.05 bits per heavy atom. The maximum Gasteiger partial charge on any atom is 0.224 e. The lowest BCUT2D eigenvalue weighted by Gasteiger charge is -2.25. The van der Waals surface area contributed by atoms with E-state index in [9.17, 15) is 0 Å². The van der Waals surface area contributed by atoms with Gasteiger partial charge in [0, 0.05) is 11.9 Å². The van der Waals surface area contributed by atoms with Crippen LogP contribution in [0, 0.1) is 17.8 Å². The van der Waals surface area contributed by atoms with Crippen LogP contribution < -0.4 is 5.32 Å². The average molecular weight is 292 g/mol. The van der Waals surface area contributed by atoms with Crippen LogP contribution in [0.5, 0.6) is 0 Å². The third kappa shape index (κ3) is 3.40. The SMILES string of the molecule is CC(C)C(CNc1nc(Cl)nc2ccccc12)C(C)C. The minimum Gasteiger partial charge on any atom is -0.369 e. The zero-order valence-corrected chi connectivity index (χ0v) is 13.3. The zero-order valence-electron chi connectivity index (χ0n) is 12.5. The lowest BCUT2D eigenvalue weighted by atomic mass is 9.85. The second-order valence-corrected chi connectivity index (χ2v) is 6.23. The first-order valence-electron chi connectivity index (χ1n) is 7.15. The minimum absolute atomic E-state index is 0.289. The molecule has 0 aliphatic heterocycles. The molecule has 20 heavy (non-hydrogen) atoms. The molecule has 1 heterocycles. The van der Waals surface area contributed by atoms with Crippen molar-refractivity contribution in [3.05, 3.63) is 29.5 Å². The Bertz CT molecular complexity index is 573. The summed E-state index contributed by atoms with van der Waals surface area (Å²) < 4.78 is 0. The first-order valence-corrected chi connectivity index (χ1v) is 7.53. The van der Waals surface area contributed by atoms with Crippen LogP contribution in [-0.2, 0) is 0 Å². The summed E-state index contributed by atoms with van der Waals surface area (Å²) in [5.41, 5.74) is 0.876. The molecule has 1 aromatic heterocycles. The Morgan fingerprint density at radius 3 is 2.35 bits per heavy atom. The first-order chi connectivity index (χ1) is 9.49. The van der Waals surface area contributed by atoms with E-state index in [1.54, 1.807) is 0 Å². The first kappa shape index (κ1) is 15.0. The van der Waals surface area contributed by atoms with Crippen molar-refractivity contribution in [1.29, 1.82) is 0 Å². The summed E-state index contributed by atoms with van der Waals surface area (Å²) in [4.78, 5) is 8.58. The summed E-state index contributed by atoms with van der Waals surface area (Å²) in [7, 11) is 0. The smallest absolute Gasteiger partial charge is 0.224 e. The quantitative estimate of drug-likeness (QED) is 0.817. The summed E-state index contributed by atoms with van der Waals surface area (Å²) in [6.07, 6.45) is 0. The molecule has 108 valence electrons. The van der Waals surface area contributed by atoms with Gasteiger partial charge in [0.2, 0.25) is 5.28 Å². The highest BCUT2D eigenvalue weighted by atomic mass is 35.5. The second kappa shape index (κ2) is 6.40. The van der Waals surface area contributed by atoms with Crippen molar-refractivity contribution in [3.63, 3.8) is 0 Å².